The first-order valence-corrected chi connectivity index (χ1v) is 7.32. The van der Waals surface area contributed by atoms with E-state index in [1.807, 2.05) is 19.9 Å². The van der Waals surface area contributed by atoms with E-state index in [9.17, 15) is 8.42 Å². The first kappa shape index (κ1) is 13.6. The van der Waals surface area contributed by atoms with Gasteiger partial charge in [0.15, 0.2) is 10.7 Å². The number of sulfonamides is 1. The van der Waals surface area contributed by atoms with Gasteiger partial charge in [-0.25, -0.2) is 8.42 Å². The van der Waals surface area contributed by atoms with Gasteiger partial charge in [-0.3, -0.25) is 4.72 Å². The number of hydrogen-bond acceptors (Lipinski definition) is 4. The highest BCUT2D eigenvalue weighted by Gasteiger charge is 2.24. The first-order valence-electron chi connectivity index (χ1n) is 5.83. The lowest BCUT2D eigenvalue weighted by Crippen LogP contribution is -2.14. The Morgan fingerprint density at radius 1 is 1.05 bits per heavy atom. The highest BCUT2D eigenvalue weighted by atomic mass is 32.2. The van der Waals surface area contributed by atoms with E-state index in [1.54, 1.807) is 26.0 Å². The lowest BCUT2D eigenvalue weighted by molar-refractivity contribution is 0.390. The van der Waals surface area contributed by atoms with Crippen molar-refractivity contribution in [3.05, 3.63) is 40.8 Å². The second-order valence-electron chi connectivity index (χ2n) is 4.64. The van der Waals surface area contributed by atoms with Gasteiger partial charge in [0.25, 0.3) is 10.0 Å². The Labute approximate surface area is 112 Å². The van der Waals surface area contributed by atoms with Gasteiger partial charge in [-0.2, -0.15) is 0 Å². The quantitative estimate of drug-likeness (QED) is 0.938. The van der Waals surface area contributed by atoms with Crippen LogP contribution in [0.15, 0.2) is 27.6 Å². The average Bonchev–Trinajstić information content (AvgIpc) is 2.56. The molecule has 0 amide bonds. The molecule has 1 heterocycles. The Balaban J connectivity index is 2.42. The van der Waals surface area contributed by atoms with E-state index < -0.39 is 10.0 Å². The molecule has 2 rings (SSSR count). The van der Waals surface area contributed by atoms with Crippen molar-refractivity contribution in [3.8, 4) is 0 Å². The molecule has 1 aromatic heterocycles. The maximum Gasteiger partial charge on any atom is 0.267 e. The third kappa shape index (κ3) is 2.78. The number of aromatic nitrogens is 1. The Morgan fingerprint density at radius 3 is 2.11 bits per heavy atom. The summed E-state index contributed by atoms with van der Waals surface area (Å²) < 4.78 is 32.1. The van der Waals surface area contributed by atoms with Crippen LogP contribution in [0.3, 0.4) is 0 Å². The van der Waals surface area contributed by atoms with Gasteiger partial charge >= 0.3 is 0 Å². The third-order valence-corrected chi connectivity index (χ3v) is 4.34. The molecule has 0 spiro atoms. The summed E-state index contributed by atoms with van der Waals surface area (Å²) >= 11 is 0. The van der Waals surface area contributed by atoms with Crippen LogP contribution in [0.5, 0.6) is 0 Å². The fourth-order valence-corrected chi connectivity index (χ4v) is 3.47. The fourth-order valence-electron chi connectivity index (χ4n) is 2.10. The molecule has 0 fully saturated rings. The number of hydrogen-bond donors (Lipinski definition) is 1. The number of anilines is 1. The van der Waals surface area contributed by atoms with E-state index >= 15 is 0 Å². The minimum absolute atomic E-state index is 0.103. The monoisotopic (exact) mass is 280 g/mol. The molecule has 2 aromatic rings. The summed E-state index contributed by atoms with van der Waals surface area (Å²) in [6.45, 7) is 7.02. The number of aryl methyl sites for hydroxylation is 4. The van der Waals surface area contributed by atoms with Gasteiger partial charge in [0.05, 0.1) is 0 Å². The predicted octanol–water partition coefficient (Wildman–Crippen LogP) is 2.71. The number of nitrogens with zero attached hydrogens (tertiary/aromatic N) is 1. The van der Waals surface area contributed by atoms with E-state index in [0.29, 0.717) is 11.4 Å². The largest absolute Gasteiger partial charge is 0.360 e. The molecule has 0 atom stereocenters. The van der Waals surface area contributed by atoms with Crippen LogP contribution in [0.1, 0.15) is 22.6 Å². The standard InChI is InChI=1S/C13H16N2O3S/c1-8-5-9(2)7-12(6-8)15-19(16,17)13-10(3)14-18-11(13)4/h5-7,15H,1-4H3. The van der Waals surface area contributed by atoms with E-state index in [2.05, 4.69) is 9.88 Å². The molecule has 0 aliphatic heterocycles. The highest BCUT2D eigenvalue weighted by Crippen LogP contribution is 2.23. The topological polar surface area (TPSA) is 72.2 Å². The molecule has 1 N–H and O–H groups in total. The van der Waals surface area contributed by atoms with Gasteiger partial charge < -0.3 is 4.52 Å². The van der Waals surface area contributed by atoms with Crippen molar-refractivity contribution in [1.82, 2.24) is 5.16 Å². The average molecular weight is 280 g/mol. The summed E-state index contributed by atoms with van der Waals surface area (Å²) in [6.07, 6.45) is 0. The van der Waals surface area contributed by atoms with Gasteiger partial charge in [-0.1, -0.05) is 11.2 Å². The van der Waals surface area contributed by atoms with Crippen molar-refractivity contribution in [2.75, 3.05) is 4.72 Å². The second kappa shape index (κ2) is 4.70. The lowest BCUT2D eigenvalue weighted by Gasteiger charge is -2.09. The zero-order chi connectivity index (χ0) is 14.2. The van der Waals surface area contributed by atoms with Crippen LogP contribution in [-0.4, -0.2) is 13.6 Å². The van der Waals surface area contributed by atoms with Crippen molar-refractivity contribution in [2.45, 2.75) is 32.6 Å². The molecule has 0 unspecified atom stereocenters. The summed E-state index contributed by atoms with van der Waals surface area (Å²) in [5.41, 5.74) is 2.89. The van der Waals surface area contributed by atoms with Gasteiger partial charge in [0.2, 0.25) is 0 Å². The number of rotatable bonds is 3. The first-order chi connectivity index (χ1) is 8.79. The SMILES string of the molecule is Cc1cc(C)cc(NS(=O)(=O)c2c(C)noc2C)c1. The van der Waals surface area contributed by atoms with Crippen molar-refractivity contribution in [2.24, 2.45) is 0 Å². The van der Waals surface area contributed by atoms with Crippen molar-refractivity contribution in [3.63, 3.8) is 0 Å². The number of nitrogens with one attached hydrogen (secondary N) is 1. The van der Waals surface area contributed by atoms with E-state index in [0.717, 1.165) is 11.1 Å². The molecule has 19 heavy (non-hydrogen) atoms. The van der Waals surface area contributed by atoms with E-state index in [4.69, 9.17) is 4.52 Å². The van der Waals surface area contributed by atoms with Gasteiger partial charge in [-0.05, 0) is 51.0 Å². The van der Waals surface area contributed by atoms with Crippen molar-refractivity contribution in [1.29, 1.82) is 0 Å². The predicted molar refractivity (Wildman–Crippen MR) is 72.7 cm³/mol. The van der Waals surface area contributed by atoms with E-state index in [1.165, 1.54) is 0 Å². The second-order valence-corrected chi connectivity index (χ2v) is 6.25. The summed E-state index contributed by atoms with van der Waals surface area (Å²) in [4.78, 5) is 0.103. The minimum Gasteiger partial charge on any atom is -0.360 e. The molecule has 6 heteroatoms. The van der Waals surface area contributed by atoms with Crippen LogP contribution in [-0.2, 0) is 10.0 Å². The zero-order valence-corrected chi connectivity index (χ0v) is 12.1. The summed E-state index contributed by atoms with van der Waals surface area (Å²) in [7, 11) is -3.67. The van der Waals surface area contributed by atoms with Crippen LogP contribution < -0.4 is 4.72 Å². The van der Waals surface area contributed by atoms with Crippen LogP contribution >= 0.6 is 0 Å². The zero-order valence-electron chi connectivity index (χ0n) is 11.3. The Kier molecular flexibility index (Phi) is 3.36. The molecular weight excluding hydrogens is 264 g/mol. The van der Waals surface area contributed by atoms with Crippen LogP contribution in [0.4, 0.5) is 5.69 Å². The van der Waals surface area contributed by atoms with E-state index in [-0.39, 0.29) is 10.7 Å². The Bertz CT molecular complexity index is 678. The summed E-state index contributed by atoms with van der Waals surface area (Å²) in [6, 6.07) is 5.54. The van der Waals surface area contributed by atoms with Gasteiger partial charge in [-0.15, -0.1) is 0 Å². The normalized spacial score (nSPS) is 11.6. The lowest BCUT2D eigenvalue weighted by atomic mass is 10.1. The van der Waals surface area contributed by atoms with Crippen molar-refractivity contribution < 1.29 is 12.9 Å². The molecule has 0 saturated carbocycles. The maximum atomic E-state index is 12.3. The molecule has 1 aromatic carbocycles. The molecule has 0 radical (unpaired) electrons. The third-order valence-electron chi connectivity index (χ3n) is 2.71. The highest BCUT2D eigenvalue weighted by molar-refractivity contribution is 7.92. The van der Waals surface area contributed by atoms with Crippen LogP contribution in [0.2, 0.25) is 0 Å². The summed E-state index contributed by atoms with van der Waals surface area (Å²) in [5, 5.41) is 3.67. The van der Waals surface area contributed by atoms with Crippen LogP contribution in [0, 0.1) is 27.7 Å². The Morgan fingerprint density at radius 2 is 1.63 bits per heavy atom. The molecule has 0 aliphatic carbocycles. The maximum absolute atomic E-state index is 12.3. The van der Waals surface area contributed by atoms with Crippen molar-refractivity contribution >= 4 is 15.7 Å². The fraction of sp³-hybridized carbons (Fsp3) is 0.308. The smallest absolute Gasteiger partial charge is 0.267 e. The van der Waals surface area contributed by atoms with Gasteiger partial charge in [0.1, 0.15) is 5.69 Å². The Hall–Kier alpha value is -1.82. The molecular formula is C13H16N2O3S. The van der Waals surface area contributed by atoms with Crippen LogP contribution in [0.25, 0.3) is 0 Å². The molecule has 0 bridgehead atoms. The van der Waals surface area contributed by atoms with Gasteiger partial charge in [0, 0.05) is 5.69 Å². The summed E-state index contributed by atoms with van der Waals surface area (Å²) in [5.74, 6) is 0.286. The molecule has 0 aliphatic rings. The molecule has 5 nitrogen and oxygen atoms in total. The molecule has 102 valence electrons. The minimum atomic E-state index is -3.67. The number of benzene rings is 1. The molecule has 0 saturated heterocycles.